The maximum Gasteiger partial charge on any atom is 0.0239 e. The zero-order chi connectivity index (χ0) is 13.0. The van der Waals surface area contributed by atoms with Crippen LogP contribution in [0.1, 0.15) is 37.8 Å². The molecular weight excluding hydrogens is 220 g/mol. The molecule has 18 heavy (non-hydrogen) atoms. The van der Waals surface area contributed by atoms with Gasteiger partial charge in [0.1, 0.15) is 0 Å². The lowest BCUT2D eigenvalue weighted by Gasteiger charge is -2.27. The Hall–Kier alpha value is -0.860. The summed E-state index contributed by atoms with van der Waals surface area (Å²) in [6, 6.07) is 9.36. The predicted octanol–water partition coefficient (Wildman–Crippen LogP) is 2.81. The molecule has 2 N–H and O–H groups in total. The highest BCUT2D eigenvalue weighted by Gasteiger charge is 2.25. The first-order valence-electron chi connectivity index (χ1n) is 7.21. The second-order valence-corrected chi connectivity index (χ2v) is 5.77. The van der Waals surface area contributed by atoms with E-state index in [1.165, 1.54) is 30.5 Å². The predicted molar refractivity (Wildman–Crippen MR) is 77.5 cm³/mol. The third kappa shape index (κ3) is 3.82. The lowest BCUT2D eigenvalue weighted by molar-refractivity contribution is 0.203. The molecule has 2 rings (SSSR count). The lowest BCUT2D eigenvalue weighted by Crippen LogP contribution is -2.32. The van der Waals surface area contributed by atoms with E-state index in [1.54, 1.807) is 0 Å². The molecule has 0 amide bonds. The molecule has 0 atom stereocenters. The van der Waals surface area contributed by atoms with Gasteiger partial charge in [0, 0.05) is 19.1 Å². The SMILES string of the molecule is CC(C)N(Cc1ccccc1CCN)CC1CC1. The molecule has 1 fully saturated rings. The fourth-order valence-electron chi connectivity index (χ4n) is 2.42. The molecule has 1 aliphatic carbocycles. The second kappa shape index (κ2) is 6.35. The molecule has 0 unspecified atom stereocenters. The summed E-state index contributed by atoms with van der Waals surface area (Å²) in [5.74, 6) is 0.953. The molecule has 0 bridgehead atoms. The van der Waals surface area contributed by atoms with Crippen LogP contribution in [-0.2, 0) is 13.0 Å². The van der Waals surface area contributed by atoms with E-state index in [4.69, 9.17) is 5.73 Å². The van der Waals surface area contributed by atoms with E-state index in [0.717, 1.165) is 25.4 Å². The molecule has 1 aromatic rings. The Morgan fingerprint density at radius 3 is 2.44 bits per heavy atom. The van der Waals surface area contributed by atoms with Crippen molar-refractivity contribution >= 4 is 0 Å². The Bertz CT molecular complexity index is 369. The summed E-state index contributed by atoms with van der Waals surface area (Å²) in [6.45, 7) is 7.67. The van der Waals surface area contributed by atoms with Gasteiger partial charge in [-0.2, -0.15) is 0 Å². The van der Waals surface area contributed by atoms with Gasteiger partial charge in [-0.15, -0.1) is 0 Å². The molecule has 0 aromatic heterocycles. The van der Waals surface area contributed by atoms with Crippen LogP contribution in [0.5, 0.6) is 0 Å². The minimum absolute atomic E-state index is 0.622. The van der Waals surface area contributed by atoms with Gasteiger partial charge in [-0.3, -0.25) is 4.90 Å². The van der Waals surface area contributed by atoms with Crippen LogP contribution in [0.4, 0.5) is 0 Å². The fourth-order valence-corrected chi connectivity index (χ4v) is 2.42. The maximum absolute atomic E-state index is 5.70. The van der Waals surface area contributed by atoms with Crippen LogP contribution < -0.4 is 5.73 Å². The van der Waals surface area contributed by atoms with Gasteiger partial charge in [0.15, 0.2) is 0 Å². The first-order valence-corrected chi connectivity index (χ1v) is 7.21. The number of rotatable bonds is 7. The lowest BCUT2D eigenvalue weighted by atomic mass is 10.0. The molecule has 0 aliphatic heterocycles. The summed E-state index contributed by atoms with van der Waals surface area (Å²) in [6.07, 6.45) is 3.84. The molecule has 0 heterocycles. The zero-order valence-electron chi connectivity index (χ0n) is 11.7. The third-order valence-corrected chi connectivity index (χ3v) is 3.83. The molecule has 0 spiro atoms. The van der Waals surface area contributed by atoms with Crippen molar-refractivity contribution in [1.29, 1.82) is 0 Å². The number of hydrogen-bond acceptors (Lipinski definition) is 2. The van der Waals surface area contributed by atoms with Gasteiger partial charge in [0.05, 0.1) is 0 Å². The number of benzene rings is 1. The molecule has 2 heteroatoms. The molecular formula is C16H26N2. The van der Waals surface area contributed by atoms with E-state index in [9.17, 15) is 0 Å². The molecule has 2 nitrogen and oxygen atoms in total. The van der Waals surface area contributed by atoms with Crippen molar-refractivity contribution in [3.05, 3.63) is 35.4 Å². The smallest absolute Gasteiger partial charge is 0.0239 e. The Morgan fingerprint density at radius 1 is 1.22 bits per heavy atom. The third-order valence-electron chi connectivity index (χ3n) is 3.83. The Labute approximate surface area is 111 Å². The summed E-state index contributed by atoms with van der Waals surface area (Å²) >= 11 is 0. The van der Waals surface area contributed by atoms with Crippen LogP contribution in [0.15, 0.2) is 24.3 Å². The number of nitrogens with two attached hydrogens (primary N) is 1. The van der Waals surface area contributed by atoms with Gasteiger partial charge in [0.2, 0.25) is 0 Å². The first-order chi connectivity index (χ1) is 8.70. The molecule has 0 radical (unpaired) electrons. The number of nitrogens with zero attached hydrogens (tertiary/aromatic N) is 1. The minimum atomic E-state index is 0.622. The van der Waals surface area contributed by atoms with Crippen LogP contribution in [0.3, 0.4) is 0 Å². The van der Waals surface area contributed by atoms with Gasteiger partial charge in [-0.05, 0) is 56.7 Å². The summed E-state index contributed by atoms with van der Waals surface area (Å²) in [5.41, 5.74) is 8.57. The standard InChI is InChI=1S/C16H26N2/c1-13(2)18(11-14-7-8-14)12-16-6-4-3-5-15(16)9-10-17/h3-6,13-14H,7-12,17H2,1-2H3. The molecule has 1 aromatic carbocycles. The zero-order valence-corrected chi connectivity index (χ0v) is 11.7. The van der Waals surface area contributed by atoms with E-state index in [0.29, 0.717) is 6.04 Å². The van der Waals surface area contributed by atoms with Crippen molar-refractivity contribution in [2.45, 2.75) is 45.7 Å². The largest absolute Gasteiger partial charge is 0.330 e. The molecule has 1 saturated carbocycles. The summed E-state index contributed by atoms with van der Waals surface area (Å²) in [4.78, 5) is 2.60. The quantitative estimate of drug-likeness (QED) is 0.801. The van der Waals surface area contributed by atoms with E-state index in [1.807, 2.05) is 0 Å². The van der Waals surface area contributed by atoms with Gasteiger partial charge < -0.3 is 5.73 Å². The summed E-state index contributed by atoms with van der Waals surface area (Å²) < 4.78 is 0. The maximum atomic E-state index is 5.70. The summed E-state index contributed by atoms with van der Waals surface area (Å²) in [5, 5.41) is 0. The van der Waals surface area contributed by atoms with Gasteiger partial charge in [-0.25, -0.2) is 0 Å². The van der Waals surface area contributed by atoms with Crippen LogP contribution in [0.2, 0.25) is 0 Å². The van der Waals surface area contributed by atoms with Gasteiger partial charge in [0.25, 0.3) is 0 Å². The summed E-state index contributed by atoms with van der Waals surface area (Å²) in [7, 11) is 0. The van der Waals surface area contributed by atoms with Crippen molar-refractivity contribution in [3.8, 4) is 0 Å². The van der Waals surface area contributed by atoms with Crippen LogP contribution >= 0.6 is 0 Å². The number of hydrogen-bond donors (Lipinski definition) is 1. The Balaban J connectivity index is 2.04. The van der Waals surface area contributed by atoms with Crippen molar-refractivity contribution < 1.29 is 0 Å². The molecule has 0 saturated heterocycles. The monoisotopic (exact) mass is 246 g/mol. The van der Waals surface area contributed by atoms with Crippen molar-refractivity contribution in [3.63, 3.8) is 0 Å². The topological polar surface area (TPSA) is 29.3 Å². The first kappa shape index (κ1) is 13.6. The Kier molecular flexibility index (Phi) is 4.79. The Morgan fingerprint density at radius 2 is 1.89 bits per heavy atom. The fraction of sp³-hybridized carbons (Fsp3) is 0.625. The highest BCUT2D eigenvalue weighted by molar-refractivity contribution is 5.27. The second-order valence-electron chi connectivity index (χ2n) is 5.77. The van der Waals surface area contributed by atoms with Gasteiger partial charge >= 0.3 is 0 Å². The van der Waals surface area contributed by atoms with E-state index < -0.39 is 0 Å². The van der Waals surface area contributed by atoms with Crippen molar-refractivity contribution in [1.82, 2.24) is 4.90 Å². The van der Waals surface area contributed by atoms with Crippen LogP contribution in [0.25, 0.3) is 0 Å². The van der Waals surface area contributed by atoms with Crippen molar-refractivity contribution in [2.24, 2.45) is 11.7 Å². The van der Waals surface area contributed by atoms with Crippen molar-refractivity contribution in [2.75, 3.05) is 13.1 Å². The molecule has 1 aliphatic rings. The average Bonchev–Trinajstić information content (AvgIpc) is 3.15. The van der Waals surface area contributed by atoms with Gasteiger partial charge in [-0.1, -0.05) is 24.3 Å². The molecule has 100 valence electrons. The van der Waals surface area contributed by atoms with E-state index in [-0.39, 0.29) is 0 Å². The average molecular weight is 246 g/mol. The van der Waals surface area contributed by atoms with Crippen LogP contribution in [-0.4, -0.2) is 24.0 Å². The highest BCUT2D eigenvalue weighted by atomic mass is 15.1. The van der Waals surface area contributed by atoms with E-state index >= 15 is 0 Å². The van der Waals surface area contributed by atoms with E-state index in [2.05, 4.69) is 43.0 Å². The minimum Gasteiger partial charge on any atom is -0.330 e. The highest BCUT2D eigenvalue weighted by Crippen LogP contribution is 2.31. The van der Waals surface area contributed by atoms with Crippen LogP contribution in [0, 0.1) is 5.92 Å². The normalized spacial score (nSPS) is 15.6.